The largest absolute Gasteiger partial charge is 0.395 e. The Labute approximate surface area is 81.7 Å². The Kier molecular flexibility index (Phi) is 3.74. The summed E-state index contributed by atoms with van der Waals surface area (Å²) >= 11 is 0. The van der Waals surface area contributed by atoms with Crippen molar-refractivity contribution in [2.24, 2.45) is 5.41 Å². The van der Waals surface area contributed by atoms with Gasteiger partial charge in [-0.1, -0.05) is 13.8 Å². The van der Waals surface area contributed by atoms with Gasteiger partial charge in [0.2, 0.25) is 0 Å². The first-order valence-corrected chi connectivity index (χ1v) is 5.40. The molecule has 0 heterocycles. The van der Waals surface area contributed by atoms with Crippen LogP contribution in [0.25, 0.3) is 0 Å². The number of aliphatic hydroxyl groups is 1. The fourth-order valence-corrected chi connectivity index (χ4v) is 2.02. The van der Waals surface area contributed by atoms with Crippen LogP contribution in [0, 0.1) is 5.41 Å². The van der Waals surface area contributed by atoms with E-state index in [0.717, 1.165) is 0 Å². The van der Waals surface area contributed by atoms with Crippen molar-refractivity contribution in [1.29, 1.82) is 0 Å². The Bertz CT molecular complexity index is 146. The number of aliphatic hydroxyl groups excluding tert-OH is 1. The number of nitrogens with one attached hydrogen (secondary N) is 1. The molecule has 0 aromatic rings. The molecule has 0 aromatic heterocycles. The van der Waals surface area contributed by atoms with Crippen molar-refractivity contribution in [3.05, 3.63) is 0 Å². The lowest BCUT2D eigenvalue weighted by atomic mass is 9.75. The van der Waals surface area contributed by atoms with Crippen LogP contribution in [-0.2, 0) is 0 Å². The molecule has 1 atom stereocenters. The van der Waals surface area contributed by atoms with Crippen molar-refractivity contribution in [3.63, 3.8) is 0 Å². The standard InChI is InChI=1S/C11H23NO/c1-9(8-13)12-10-4-6-11(2,3)7-5-10/h9-10,12-13H,4-8H2,1-3H3/t9-/m1/s1. The molecule has 1 aliphatic rings. The highest BCUT2D eigenvalue weighted by Crippen LogP contribution is 2.34. The molecule has 13 heavy (non-hydrogen) atoms. The molecular formula is C11H23NO. The first-order chi connectivity index (χ1) is 6.03. The average Bonchev–Trinajstić information content (AvgIpc) is 2.08. The van der Waals surface area contributed by atoms with E-state index >= 15 is 0 Å². The van der Waals surface area contributed by atoms with Crippen molar-refractivity contribution in [3.8, 4) is 0 Å². The fourth-order valence-electron chi connectivity index (χ4n) is 2.02. The first kappa shape index (κ1) is 11.0. The van der Waals surface area contributed by atoms with E-state index in [0.29, 0.717) is 11.5 Å². The maximum absolute atomic E-state index is 8.91. The zero-order valence-electron chi connectivity index (χ0n) is 9.14. The van der Waals surface area contributed by atoms with Crippen LogP contribution in [0.3, 0.4) is 0 Å². The maximum atomic E-state index is 8.91. The molecular weight excluding hydrogens is 162 g/mol. The minimum Gasteiger partial charge on any atom is -0.395 e. The SMILES string of the molecule is C[C@H](CO)NC1CCC(C)(C)CC1. The summed E-state index contributed by atoms with van der Waals surface area (Å²) in [6.45, 7) is 6.98. The van der Waals surface area contributed by atoms with Crippen molar-refractivity contribution in [2.75, 3.05) is 6.61 Å². The molecule has 0 aliphatic heterocycles. The quantitative estimate of drug-likeness (QED) is 0.704. The van der Waals surface area contributed by atoms with Gasteiger partial charge in [-0.15, -0.1) is 0 Å². The number of rotatable bonds is 3. The summed E-state index contributed by atoms with van der Waals surface area (Å²) in [6.07, 6.45) is 5.14. The second-order valence-corrected chi connectivity index (χ2v) is 5.19. The Balaban J connectivity index is 2.25. The van der Waals surface area contributed by atoms with Crippen molar-refractivity contribution < 1.29 is 5.11 Å². The third-order valence-electron chi connectivity index (χ3n) is 3.13. The minimum absolute atomic E-state index is 0.250. The van der Waals surface area contributed by atoms with Crippen LogP contribution in [-0.4, -0.2) is 23.8 Å². The van der Waals surface area contributed by atoms with Crippen LogP contribution in [0.5, 0.6) is 0 Å². The van der Waals surface area contributed by atoms with Crippen LogP contribution in [0.4, 0.5) is 0 Å². The highest BCUT2D eigenvalue weighted by atomic mass is 16.3. The van der Waals surface area contributed by atoms with Crippen molar-refractivity contribution in [1.82, 2.24) is 5.32 Å². The summed E-state index contributed by atoms with van der Waals surface area (Å²) in [4.78, 5) is 0. The van der Waals surface area contributed by atoms with Gasteiger partial charge in [0.25, 0.3) is 0 Å². The zero-order valence-corrected chi connectivity index (χ0v) is 9.14. The van der Waals surface area contributed by atoms with E-state index in [1.165, 1.54) is 25.7 Å². The minimum atomic E-state index is 0.250. The van der Waals surface area contributed by atoms with Crippen LogP contribution in [0.2, 0.25) is 0 Å². The lowest BCUT2D eigenvalue weighted by Gasteiger charge is -2.35. The van der Waals surface area contributed by atoms with Crippen LogP contribution in [0.1, 0.15) is 46.5 Å². The van der Waals surface area contributed by atoms with Crippen molar-refractivity contribution >= 4 is 0 Å². The second-order valence-electron chi connectivity index (χ2n) is 5.19. The van der Waals surface area contributed by atoms with E-state index in [-0.39, 0.29) is 12.6 Å². The van der Waals surface area contributed by atoms with E-state index < -0.39 is 0 Å². The molecule has 2 nitrogen and oxygen atoms in total. The van der Waals surface area contributed by atoms with E-state index in [4.69, 9.17) is 5.11 Å². The Morgan fingerprint density at radius 2 is 1.92 bits per heavy atom. The molecule has 2 N–H and O–H groups in total. The topological polar surface area (TPSA) is 32.3 Å². The van der Waals surface area contributed by atoms with E-state index in [9.17, 15) is 0 Å². The van der Waals surface area contributed by atoms with Gasteiger partial charge in [-0.05, 0) is 38.0 Å². The third-order valence-corrected chi connectivity index (χ3v) is 3.13. The van der Waals surface area contributed by atoms with Gasteiger partial charge in [0.05, 0.1) is 6.61 Å². The Morgan fingerprint density at radius 1 is 1.38 bits per heavy atom. The summed E-state index contributed by atoms with van der Waals surface area (Å²) in [6, 6.07) is 0.890. The first-order valence-electron chi connectivity index (χ1n) is 5.40. The predicted octanol–water partition coefficient (Wildman–Crippen LogP) is 1.93. The molecule has 1 aliphatic carbocycles. The van der Waals surface area contributed by atoms with Gasteiger partial charge >= 0.3 is 0 Å². The number of hydrogen-bond donors (Lipinski definition) is 2. The lowest BCUT2D eigenvalue weighted by Crippen LogP contribution is -2.41. The Hall–Kier alpha value is -0.0800. The summed E-state index contributed by atoms with van der Waals surface area (Å²) in [5.41, 5.74) is 0.542. The predicted molar refractivity (Wildman–Crippen MR) is 55.7 cm³/mol. The molecule has 0 amide bonds. The molecule has 0 aromatic carbocycles. The molecule has 0 radical (unpaired) electrons. The van der Waals surface area contributed by atoms with Gasteiger partial charge in [0, 0.05) is 12.1 Å². The molecule has 1 saturated carbocycles. The maximum Gasteiger partial charge on any atom is 0.0582 e. The number of hydrogen-bond acceptors (Lipinski definition) is 2. The van der Waals surface area contributed by atoms with Crippen LogP contribution < -0.4 is 5.32 Å². The normalized spacial score (nSPS) is 25.8. The van der Waals surface area contributed by atoms with Gasteiger partial charge < -0.3 is 10.4 Å². The van der Waals surface area contributed by atoms with Crippen LogP contribution in [0.15, 0.2) is 0 Å². The molecule has 0 unspecified atom stereocenters. The van der Waals surface area contributed by atoms with E-state index in [1.807, 2.05) is 6.92 Å². The summed E-state index contributed by atoms with van der Waals surface area (Å²) in [5.74, 6) is 0. The van der Waals surface area contributed by atoms with Gasteiger partial charge in [-0.2, -0.15) is 0 Å². The molecule has 0 spiro atoms. The van der Waals surface area contributed by atoms with E-state index in [2.05, 4.69) is 19.2 Å². The average molecular weight is 185 g/mol. The monoisotopic (exact) mass is 185 g/mol. The summed E-state index contributed by atoms with van der Waals surface area (Å²) < 4.78 is 0. The highest BCUT2D eigenvalue weighted by Gasteiger charge is 2.26. The van der Waals surface area contributed by atoms with Crippen molar-refractivity contribution in [2.45, 2.75) is 58.5 Å². The molecule has 78 valence electrons. The summed E-state index contributed by atoms with van der Waals surface area (Å²) in [7, 11) is 0. The molecule has 1 fully saturated rings. The van der Waals surface area contributed by atoms with E-state index in [1.54, 1.807) is 0 Å². The molecule has 0 saturated heterocycles. The van der Waals surface area contributed by atoms with Gasteiger partial charge in [-0.3, -0.25) is 0 Å². The van der Waals surface area contributed by atoms with Gasteiger partial charge in [0.15, 0.2) is 0 Å². The Morgan fingerprint density at radius 3 is 2.38 bits per heavy atom. The smallest absolute Gasteiger partial charge is 0.0582 e. The van der Waals surface area contributed by atoms with Crippen LogP contribution >= 0.6 is 0 Å². The third kappa shape index (κ3) is 3.65. The van der Waals surface area contributed by atoms with Gasteiger partial charge in [-0.25, -0.2) is 0 Å². The molecule has 0 bridgehead atoms. The lowest BCUT2D eigenvalue weighted by molar-refractivity contribution is 0.179. The molecule has 2 heteroatoms. The van der Waals surface area contributed by atoms with Gasteiger partial charge in [0.1, 0.15) is 0 Å². The summed E-state index contributed by atoms with van der Waals surface area (Å²) in [5, 5.41) is 12.4. The second kappa shape index (κ2) is 4.43. The molecule has 1 rings (SSSR count). The fraction of sp³-hybridized carbons (Fsp3) is 1.00. The zero-order chi connectivity index (χ0) is 9.90. The highest BCUT2D eigenvalue weighted by molar-refractivity contribution is 4.83.